The molecule has 1 atom stereocenters. The Balaban J connectivity index is 2.17. The van der Waals surface area contributed by atoms with E-state index in [1.54, 1.807) is 6.92 Å². The first-order chi connectivity index (χ1) is 8.72. The molecule has 0 unspecified atom stereocenters. The number of carbonyl (C=O) groups is 1. The molecule has 1 aromatic heterocycles. The average molecular weight is 247 g/mol. The van der Waals surface area contributed by atoms with Crippen molar-refractivity contribution < 1.29 is 14.1 Å². The zero-order chi connectivity index (χ0) is 13.0. The van der Waals surface area contributed by atoms with Gasteiger partial charge in [0.25, 0.3) is 5.82 Å². The van der Waals surface area contributed by atoms with Gasteiger partial charge in [0.2, 0.25) is 5.89 Å². The van der Waals surface area contributed by atoms with Gasteiger partial charge in [0.1, 0.15) is 6.04 Å². The first kappa shape index (κ1) is 12.3. The number of aromatic nitrogens is 2. The zero-order valence-corrected chi connectivity index (χ0v) is 9.87. The van der Waals surface area contributed by atoms with Crippen molar-refractivity contribution in [3.05, 3.63) is 47.6 Å². The third-order valence-electron chi connectivity index (χ3n) is 2.32. The smallest absolute Gasteiger partial charge is 0.379 e. The third-order valence-corrected chi connectivity index (χ3v) is 2.32. The number of hydrogen-bond acceptors (Lipinski definition) is 6. The van der Waals surface area contributed by atoms with Crippen LogP contribution < -0.4 is 5.73 Å². The Morgan fingerprint density at radius 2 is 2.17 bits per heavy atom. The Labute approximate surface area is 104 Å². The Kier molecular flexibility index (Phi) is 3.69. The van der Waals surface area contributed by atoms with Crippen molar-refractivity contribution in [3.63, 3.8) is 0 Å². The van der Waals surface area contributed by atoms with Gasteiger partial charge in [-0.25, -0.2) is 4.79 Å². The van der Waals surface area contributed by atoms with E-state index in [1.807, 2.05) is 30.3 Å². The predicted octanol–water partition coefficient (Wildman–Crippen LogP) is 1.29. The highest BCUT2D eigenvalue weighted by atomic mass is 16.5. The topological polar surface area (TPSA) is 91.2 Å². The van der Waals surface area contributed by atoms with Crippen molar-refractivity contribution in [2.75, 3.05) is 6.61 Å². The lowest BCUT2D eigenvalue weighted by atomic mass is 10.1. The van der Waals surface area contributed by atoms with Crippen LogP contribution in [0.1, 0.15) is 35.0 Å². The van der Waals surface area contributed by atoms with E-state index < -0.39 is 12.0 Å². The maximum atomic E-state index is 11.4. The van der Waals surface area contributed by atoms with Crippen molar-refractivity contribution in [1.29, 1.82) is 0 Å². The van der Waals surface area contributed by atoms with Crippen molar-refractivity contribution in [2.45, 2.75) is 13.0 Å². The summed E-state index contributed by atoms with van der Waals surface area (Å²) in [7, 11) is 0. The van der Waals surface area contributed by atoms with Crippen LogP contribution in [-0.2, 0) is 4.74 Å². The first-order valence-electron chi connectivity index (χ1n) is 5.53. The average Bonchev–Trinajstić information content (AvgIpc) is 2.89. The fraction of sp³-hybridized carbons (Fsp3) is 0.250. The van der Waals surface area contributed by atoms with Crippen LogP contribution in [0.25, 0.3) is 0 Å². The summed E-state index contributed by atoms with van der Waals surface area (Å²) < 4.78 is 9.72. The maximum Gasteiger partial charge on any atom is 0.379 e. The molecule has 18 heavy (non-hydrogen) atoms. The highest BCUT2D eigenvalue weighted by Gasteiger charge is 2.20. The largest absolute Gasteiger partial charge is 0.460 e. The lowest BCUT2D eigenvalue weighted by molar-refractivity contribution is 0.0508. The van der Waals surface area contributed by atoms with Gasteiger partial charge >= 0.3 is 5.97 Å². The van der Waals surface area contributed by atoms with Crippen molar-refractivity contribution >= 4 is 5.97 Å². The quantitative estimate of drug-likeness (QED) is 0.818. The number of benzene rings is 1. The molecule has 0 aliphatic carbocycles. The molecule has 0 bridgehead atoms. The highest BCUT2D eigenvalue weighted by Crippen LogP contribution is 2.17. The molecule has 2 rings (SSSR count). The fourth-order valence-corrected chi connectivity index (χ4v) is 1.44. The number of nitrogens with two attached hydrogens (primary N) is 1. The van der Waals surface area contributed by atoms with Crippen LogP contribution in [0.4, 0.5) is 0 Å². The van der Waals surface area contributed by atoms with Crippen LogP contribution in [0.15, 0.2) is 34.9 Å². The normalized spacial score (nSPS) is 12.1. The van der Waals surface area contributed by atoms with Crippen molar-refractivity contribution in [1.82, 2.24) is 10.1 Å². The summed E-state index contributed by atoms with van der Waals surface area (Å²) in [5.74, 6) is -0.546. The zero-order valence-electron chi connectivity index (χ0n) is 9.87. The van der Waals surface area contributed by atoms with E-state index in [0.717, 1.165) is 5.56 Å². The van der Waals surface area contributed by atoms with Gasteiger partial charge in [0, 0.05) is 0 Å². The lowest BCUT2D eigenvalue weighted by Gasteiger charge is -2.05. The second-order valence-corrected chi connectivity index (χ2v) is 3.57. The minimum atomic E-state index is -0.618. The van der Waals surface area contributed by atoms with Gasteiger partial charge in [-0.3, -0.25) is 0 Å². The molecule has 0 aliphatic rings. The van der Waals surface area contributed by atoms with Gasteiger partial charge < -0.3 is 15.0 Å². The number of nitrogens with zero attached hydrogens (tertiary/aromatic N) is 2. The van der Waals surface area contributed by atoms with Crippen molar-refractivity contribution in [2.24, 2.45) is 5.73 Å². The number of hydrogen-bond donors (Lipinski definition) is 1. The Hall–Kier alpha value is -2.21. The van der Waals surface area contributed by atoms with Crippen LogP contribution >= 0.6 is 0 Å². The summed E-state index contributed by atoms with van der Waals surface area (Å²) in [5.41, 5.74) is 6.79. The second kappa shape index (κ2) is 5.42. The van der Waals surface area contributed by atoms with Gasteiger partial charge in [-0.05, 0) is 17.6 Å². The van der Waals surface area contributed by atoms with Gasteiger partial charge in [-0.15, -0.1) is 0 Å². The van der Waals surface area contributed by atoms with E-state index in [4.69, 9.17) is 15.0 Å². The molecule has 0 spiro atoms. The van der Waals surface area contributed by atoms with Crippen LogP contribution in [0, 0.1) is 0 Å². The molecule has 6 heteroatoms. The molecule has 0 fully saturated rings. The fourth-order valence-electron chi connectivity index (χ4n) is 1.44. The van der Waals surface area contributed by atoms with E-state index in [2.05, 4.69) is 10.1 Å². The van der Waals surface area contributed by atoms with E-state index in [9.17, 15) is 4.79 Å². The molecule has 1 heterocycles. The van der Waals surface area contributed by atoms with Crippen molar-refractivity contribution in [3.8, 4) is 0 Å². The summed E-state index contributed by atoms with van der Waals surface area (Å²) in [4.78, 5) is 15.3. The minimum absolute atomic E-state index is 0.113. The number of rotatable bonds is 4. The molecule has 2 N–H and O–H groups in total. The second-order valence-electron chi connectivity index (χ2n) is 3.57. The van der Waals surface area contributed by atoms with E-state index in [0.29, 0.717) is 0 Å². The molecule has 0 saturated carbocycles. The predicted molar refractivity (Wildman–Crippen MR) is 62.7 cm³/mol. The molecular formula is C12H13N3O3. The van der Waals surface area contributed by atoms with Crippen LogP contribution in [0.5, 0.6) is 0 Å². The molecule has 2 aromatic rings. The van der Waals surface area contributed by atoms with Crippen LogP contribution in [0.3, 0.4) is 0 Å². The molecular weight excluding hydrogens is 234 g/mol. The summed E-state index contributed by atoms with van der Waals surface area (Å²) in [6.07, 6.45) is 0. The van der Waals surface area contributed by atoms with E-state index in [1.165, 1.54) is 0 Å². The monoisotopic (exact) mass is 247 g/mol. The Morgan fingerprint density at radius 3 is 2.83 bits per heavy atom. The molecule has 0 aliphatic heterocycles. The lowest BCUT2D eigenvalue weighted by Crippen LogP contribution is -2.13. The maximum absolute atomic E-state index is 11.4. The number of esters is 1. The Morgan fingerprint density at radius 1 is 1.44 bits per heavy atom. The third kappa shape index (κ3) is 2.54. The number of carbonyl (C=O) groups excluding carboxylic acids is 1. The molecule has 6 nitrogen and oxygen atoms in total. The molecule has 0 saturated heterocycles. The molecule has 1 aromatic carbocycles. The molecule has 0 radical (unpaired) electrons. The van der Waals surface area contributed by atoms with Gasteiger partial charge in [-0.2, -0.15) is 4.98 Å². The van der Waals surface area contributed by atoms with Gasteiger partial charge in [0.05, 0.1) is 6.61 Å². The highest BCUT2D eigenvalue weighted by molar-refractivity contribution is 5.84. The molecule has 94 valence electrons. The van der Waals surface area contributed by atoms with Gasteiger partial charge in [-0.1, -0.05) is 30.3 Å². The van der Waals surface area contributed by atoms with Gasteiger partial charge in [0.15, 0.2) is 0 Å². The standard InChI is InChI=1S/C12H13N3O3/c1-2-17-12(16)10-14-11(18-15-10)9(13)8-6-4-3-5-7-8/h3-7,9H,2,13H2,1H3/t9-/m0/s1. The number of ether oxygens (including phenoxy) is 1. The Bertz CT molecular complexity index is 524. The summed E-state index contributed by atoms with van der Waals surface area (Å²) in [5, 5.41) is 3.54. The molecule has 0 amide bonds. The summed E-state index contributed by atoms with van der Waals surface area (Å²) in [6.45, 7) is 1.96. The SMILES string of the molecule is CCOC(=O)c1noc([C@@H](N)c2ccccc2)n1. The van der Waals surface area contributed by atoms with E-state index >= 15 is 0 Å². The van der Waals surface area contributed by atoms with E-state index in [-0.39, 0.29) is 18.3 Å². The minimum Gasteiger partial charge on any atom is -0.460 e. The van der Waals surface area contributed by atoms with Crippen LogP contribution in [0.2, 0.25) is 0 Å². The summed E-state index contributed by atoms with van der Waals surface area (Å²) >= 11 is 0. The first-order valence-corrected chi connectivity index (χ1v) is 5.53. The van der Waals surface area contributed by atoms with Crippen LogP contribution in [-0.4, -0.2) is 22.7 Å². The summed E-state index contributed by atoms with van der Waals surface area (Å²) in [6, 6.07) is 8.74.